The summed E-state index contributed by atoms with van der Waals surface area (Å²) in [5.74, 6) is 0. The fourth-order valence-corrected chi connectivity index (χ4v) is 2.31. The molecule has 0 saturated heterocycles. The van der Waals surface area contributed by atoms with Gasteiger partial charge in [0.2, 0.25) is 0 Å². The van der Waals surface area contributed by atoms with Gasteiger partial charge in [0.05, 0.1) is 10.2 Å². The number of pyridine rings is 1. The smallest absolute Gasteiger partial charge is 0.0809 e. The van der Waals surface area contributed by atoms with Crippen LogP contribution in [0, 0.1) is 0 Å². The number of nitrogens with one attached hydrogen (secondary N) is 1. The Kier molecular flexibility index (Phi) is 3.30. The molecule has 0 aliphatic rings. The van der Waals surface area contributed by atoms with Crippen LogP contribution in [0.3, 0.4) is 0 Å². The molecule has 1 atom stereocenters. The van der Waals surface area contributed by atoms with Crippen molar-refractivity contribution in [3.05, 3.63) is 29.3 Å². The monoisotopic (exact) mass is 221 g/mol. The van der Waals surface area contributed by atoms with Gasteiger partial charge in [-0.2, -0.15) is 0 Å². The molecule has 2 heterocycles. The molecule has 0 aromatic carbocycles. The Morgan fingerprint density at radius 2 is 2.47 bits per heavy atom. The van der Waals surface area contributed by atoms with Crippen molar-refractivity contribution in [1.82, 2.24) is 10.3 Å². The second-order valence-corrected chi connectivity index (χ2v) is 4.48. The van der Waals surface area contributed by atoms with Gasteiger partial charge in [-0.1, -0.05) is 0 Å². The van der Waals surface area contributed by atoms with E-state index in [1.54, 1.807) is 11.3 Å². The summed E-state index contributed by atoms with van der Waals surface area (Å²) in [6.07, 6.45) is 1.93. The van der Waals surface area contributed by atoms with Crippen molar-refractivity contribution in [3.63, 3.8) is 0 Å². The number of rotatable bonds is 4. The van der Waals surface area contributed by atoms with Crippen LogP contribution in [-0.4, -0.2) is 18.1 Å². The van der Waals surface area contributed by atoms with Crippen LogP contribution < -0.4 is 11.1 Å². The third-order valence-electron chi connectivity index (χ3n) is 2.42. The largest absolute Gasteiger partial charge is 0.329 e. The zero-order chi connectivity index (χ0) is 10.7. The first-order valence-electron chi connectivity index (χ1n) is 5.08. The zero-order valence-corrected chi connectivity index (χ0v) is 9.55. The van der Waals surface area contributed by atoms with Gasteiger partial charge in [0.15, 0.2) is 0 Å². The Morgan fingerprint density at radius 3 is 3.27 bits per heavy atom. The molecular formula is C11H15N3S. The maximum absolute atomic E-state index is 5.45. The van der Waals surface area contributed by atoms with E-state index in [4.69, 9.17) is 5.73 Å². The molecular weight excluding hydrogens is 206 g/mol. The number of hydrogen-bond acceptors (Lipinski definition) is 4. The molecule has 0 aliphatic carbocycles. The molecule has 4 heteroatoms. The van der Waals surface area contributed by atoms with Crippen LogP contribution in [0.4, 0.5) is 0 Å². The van der Waals surface area contributed by atoms with Crippen molar-refractivity contribution in [2.45, 2.75) is 13.0 Å². The average Bonchev–Trinajstić information content (AvgIpc) is 2.72. The van der Waals surface area contributed by atoms with E-state index in [2.05, 4.69) is 28.7 Å². The van der Waals surface area contributed by atoms with Gasteiger partial charge in [-0.15, -0.1) is 11.3 Å². The van der Waals surface area contributed by atoms with E-state index in [9.17, 15) is 0 Å². The van der Waals surface area contributed by atoms with Crippen LogP contribution in [0.5, 0.6) is 0 Å². The van der Waals surface area contributed by atoms with Crippen molar-refractivity contribution in [3.8, 4) is 0 Å². The number of nitrogens with zero attached hydrogens (tertiary/aromatic N) is 1. The second kappa shape index (κ2) is 4.70. The summed E-state index contributed by atoms with van der Waals surface area (Å²) in [5, 5.41) is 5.41. The highest BCUT2D eigenvalue weighted by Crippen LogP contribution is 2.22. The molecule has 0 aliphatic heterocycles. The van der Waals surface area contributed by atoms with Gasteiger partial charge in [0, 0.05) is 25.3 Å². The summed E-state index contributed by atoms with van der Waals surface area (Å²) in [7, 11) is 0. The van der Waals surface area contributed by atoms with Gasteiger partial charge in [-0.25, -0.2) is 0 Å². The van der Waals surface area contributed by atoms with Gasteiger partial charge >= 0.3 is 0 Å². The number of aromatic nitrogens is 1. The van der Waals surface area contributed by atoms with E-state index < -0.39 is 0 Å². The third-order valence-corrected chi connectivity index (χ3v) is 3.27. The lowest BCUT2D eigenvalue weighted by molar-refractivity contribution is 0.581. The lowest BCUT2D eigenvalue weighted by Crippen LogP contribution is -2.25. The van der Waals surface area contributed by atoms with Crippen LogP contribution in [0.15, 0.2) is 23.7 Å². The van der Waals surface area contributed by atoms with Gasteiger partial charge < -0.3 is 11.1 Å². The Bertz CT molecular complexity index is 438. The standard InChI is InChI=1S/C11H15N3S/c1-8(13-4-3-12)9-6-11-10(14-7-9)2-5-15-11/h2,5-8,13H,3-4,12H2,1H3. The predicted octanol–water partition coefficient (Wildman–Crippen LogP) is 1.91. The summed E-state index contributed by atoms with van der Waals surface area (Å²) in [5.41, 5.74) is 7.75. The maximum Gasteiger partial charge on any atom is 0.0809 e. The fraction of sp³-hybridized carbons (Fsp3) is 0.364. The number of thiophene rings is 1. The SMILES string of the molecule is CC(NCCN)c1cnc2ccsc2c1. The number of hydrogen-bond donors (Lipinski definition) is 2. The maximum atomic E-state index is 5.45. The molecule has 0 bridgehead atoms. The minimum atomic E-state index is 0.313. The molecule has 2 rings (SSSR count). The van der Waals surface area contributed by atoms with Gasteiger partial charge in [-0.05, 0) is 30.0 Å². The van der Waals surface area contributed by atoms with Gasteiger partial charge in [-0.3, -0.25) is 4.98 Å². The van der Waals surface area contributed by atoms with E-state index >= 15 is 0 Å². The Labute approximate surface area is 93.3 Å². The second-order valence-electron chi connectivity index (χ2n) is 3.54. The minimum absolute atomic E-state index is 0.313. The average molecular weight is 221 g/mol. The molecule has 0 radical (unpaired) electrons. The summed E-state index contributed by atoms with van der Waals surface area (Å²) in [6, 6.07) is 4.55. The van der Waals surface area contributed by atoms with E-state index in [1.165, 1.54) is 10.3 Å². The fourth-order valence-electron chi connectivity index (χ4n) is 1.52. The third kappa shape index (κ3) is 2.34. The number of nitrogens with two attached hydrogens (primary N) is 1. The Hall–Kier alpha value is -0.970. The molecule has 80 valence electrons. The van der Waals surface area contributed by atoms with Crippen molar-refractivity contribution in [2.75, 3.05) is 13.1 Å². The molecule has 0 amide bonds. The summed E-state index contributed by atoms with van der Waals surface area (Å²) < 4.78 is 1.24. The molecule has 3 N–H and O–H groups in total. The molecule has 0 saturated carbocycles. The van der Waals surface area contributed by atoms with E-state index in [-0.39, 0.29) is 0 Å². The lowest BCUT2D eigenvalue weighted by Gasteiger charge is -2.12. The molecule has 3 nitrogen and oxygen atoms in total. The molecule has 2 aromatic rings. The van der Waals surface area contributed by atoms with Crippen molar-refractivity contribution in [1.29, 1.82) is 0 Å². The van der Waals surface area contributed by atoms with E-state index in [1.807, 2.05) is 12.3 Å². The van der Waals surface area contributed by atoms with Crippen molar-refractivity contribution < 1.29 is 0 Å². The molecule has 1 unspecified atom stereocenters. The zero-order valence-electron chi connectivity index (χ0n) is 8.73. The first-order chi connectivity index (χ1) is 7.31. The van der Waals surface area contributed by atoms with Crippen LogP contribution in [0.2, 0.25) is 0 Å². The first-order valence-corrected chi connectivity index (χ1v) is 5.96. The summed E-state index contributed by atoms with van der Waals surface area (Å²) in [6.45, 7) is 3.63. The van der Waals surface area contributed by atoms with Crippen LogP contribution in [-0.2, 0) is 0 Å². The molecule has 0 fully saturated rings. The van der Waals surface area contributed by atoms with Crippen LogP contribution in [0.1, 0.15) is 18.5 Å². The van der Waals surface area contributed by atoms with E-state index in [0.29, 0.717) is 12.6 Å². The highest BCUT2D eigenvalue weighted by molar-refractivity contribution is 7.17. The number of fused-ring (bicyclic) bond motifs is 1. The Morgan fingerprint density at radius 1 is 1.60 bits per heavy atom. The first kappa shape index (κ1) is 10.5. The molecule has 2 aromatic heterocycles. The lowest BCUT2D eigenvalue weighted by atomic mass is 10.1. The molecule has 15 heavy (non-hydrogen) atoms. The predicted molar refractivity (Wildman–Crippen MR) is 65.1 cm³/mol. The van der Waals surface area contributed by atoms with Crippen LogP contribution >= 0.6 is 11.3 Å². The Balaban J connectivity index is 2.19. The van der Waals surface area contributed by atoms with Crippen molar-refractivity contribution >= 4 is 21.6 Å². The summed E-state index contributed by atoms with van der Waals surface area (Å²) in [4.78, 5) is 4.41. The quantitative estimate of drug-likeness (QED) is 0.829. The van der Waals surface area contributed by atoms with E-state index in [0.717, 1.165) is 12.1 Å². The highest BCUT2D eigenvalue weighted by atomic mass is 32.1. The minimum Gasteiger partial charge on any atom is -0.329 e. The highest BCUT2D eigenvalue weighted by Gasteiger charge is 2.06. The molecule has 0 spiro atoms. The normalized spacial score (nSPS) is 13.2. The topological polar surface area (TPSA) is 50.9 Å². The summed E-state index contributed by atoms with van der Waals surface area (Å²) >= 11 is 1.73. The van der Waals surface area contributed by atoms with Crippen LogP contribution in [0.25, 0.3) is 10.2 Å². The van der Waals surface area contributed by atoms with Gasteiger partial charge in [0.25, 0.3) is 0 Å². The van der Waals surface area contributed by atoms with Gasteiger partial charge in [0.1, 0.15) is 0 Å². The van der Waals surface area contributed by atoms with Crippen molar-refractivity contribution in [2.24, 2.45) is 5.73 Å².